The zero-order valence-electron chi connectivity index (χ0n) is 15.6. The van der Waals surface area contributed by atoms with Gasteiger partial charge < -0.3 is 4.74 Å². The smallest absolute Gasteiger partial charge is 0.246 e. The Morgan fingerprint density at radius 2 is 2.07 bits per heavy atom. The minimum Gasteiger partial charge on any atom is -0.496 e. The average molecular weight is 398 g/mol. The van der Waals surface area contributed by atoms with Crippen LogP contribution in [0.15, 0.2) is 59.8 Å². The lowest BCUT2D eigenvalue weighted by atomic mass is 10.1. The first-order chi connectivity index (χ1) is 13.6. The maximum absolute atomic E-state index is 13.0. The zero-order valence-corrected chi connectivity index (χ0v) is 16.4. The van der Waals surface area contributed by atoms with Crippen LogP contribution in [0.5, 0.6) is 5.75 Å². The normalized spacial score (nSPS) is 17.7. The summed E-state index contributed by atoms with van der Waals surface area (Å²) in [6.07, 6.45) is 4.94. The lowest BCUT2D eigenvalue weighted by molar-refractivity contribution is 0.390. The Kier molecular flexibility index (Phi) is 5.15. The molecule has 1 saturated heterocycles. The summed E-state index contributed by atoms with van der Waals surface area (Å²) in [5.74, 6) is 0.819. The van der Waals surface area contributed by atoms with Gasteiger partial charge in [-0.1, -0.05) is 24.3 Å². The second kappa shape index (κ2) is 7.73. The Labute approximate surface area is 164 Å². The number of H-pyrrole nitrogens is 1. The van der Waals surface area contributed by atoms with E-state index in [1.807, 2.05) is 42.5 Å². The Bertz CT molecular complexity index is 1050. The molecular weight excluding hydrogens is 376 g/mol. The third-order valence-corrected chi connectivity index (χ3v) is 6.89. The van der Waals surface area contributed by atoms with Crippen molar-refractivity contribution in [1.29, 1.82) is 0 Å². The van der Waals surface area contributed by atoms with E-state index in [4.69, 9.17) is 9.72 Å². The van der Waals surface area contributed by atoms with Crippen molar-refractivity contribution in [3.63, 3.8) is 0 Å². The summed E-state index contributed by atoms with van der Waals surface area (Å²) in [5, 5.41) is 6.35. The van der Waals surface area contributed by atoms with Crippen LogP contribution in [-0.4, -0.2) is 41.6 Å². The number of hydrogen-bond acceptors (Lipinski definition) is 5. The molecule has 3 heterocycles. The van der Waals surface area contributed by atoms with Crippen molar-refractivity contribution in [3.8, 4) is 5.75 Å². The third kappa shape index (κ3) is 3.53. The molecule has 0 spiro atoms. The predicted octanol–water partition coefficient (Wildman–Crippen LogP) is 2.93. The van der Waals surface area contributed by atoms with Crippen molar-refractivity contribution < 1.29 is 13.2 Å². The van der Waals surface area contributed by atoms with Gasteiger partial charge in [-0.25, -0.2) is 8.42 Å². The molecule has 7 nitrogen and oxygen atoms in total. The van der Waals surface area contributed by atoms with Gasteiger partial charge in [-0.15, -0.1) is 0 Å². The lowest BCUT2D eigenvalue weighted by Crippen LogP contribution is -2.31. The van der Waals surface area contributed by atoms with E-state index in [1.165, 1.54) is 16.7 Å². The minimum absolute atomic E-state index is 0.185. The minimum atomic E-state index is -3.60. The van der Waals surface area contributed by atoms with E-state index in [9.17, 15) is 8.42 Å². The van der Waals surface area contributed by atoms with Crippen molar-refractivity contribution in [2.24, 2.45) is 0 Å². The van der Waals surface area contributed by atoms with Crippen molar-refractivity contribution >= 4 is 10.0 Å². The number of sulfonamides is 1. The third-order valence-electron chi connectivity index (χ3n) is 5.02. The molecule has 28 heavy (non-hydrogen) atoms. The molecular formula is C20H22N4O3S. The Hall–Kier alpha value is -2.71. The van der Waals surface area contributed by atoms with Gasteiger partial charge in [0.15, 0.2) is 0 Å². The van der Waals surface area contributed by atoms with E-state index in [0.717, 1.165) is 35.5 Å². The summed E-state index contributed by atoms with van der Waals surface area (Å²) < 4.78 is 32.9. The lowest BCUT2D eigenvalue weighted by Gasteiger charge is -2.23. The molecule has 0 aliphatic carbocycles. The number of methoxy groups -OCH3 is 1. The van der Waals surface area contributed by atoms with Crippen molar-refractivity contribution in [2.45, 2.75) is 30.2 Å². The molecule has 1 aliphatic rings. The van der Waals surface area contributed by atoms with Crippen LogP contribution in [0.1, 0.15) is 35.8 Å². The second-order valence-electron chi connectivity index (χ2n) is 6.75. The number of nitrogens with one attached hydrogen (secondary N) is 1. The molecule has 2 aromatic heterocycles. The molecule has 8 heteroatoms. The van der Waals surface area contributed by atoms with Crippen molar-refractivity contribution in [3.05, 3.63) is 71.8 Å². The number of pyridine rings is 1. The van der Waals surface area contributed by atoms with Crippen LogP contribution in [0.4, 0.5) is 0 Å². The van der Waals surface area contributed by atoms with E-state index < -0.39 is 10.0 Å². The van der Waals surface area contributed by atoms with E-state index >= 15 is 0 Å². The van der Waals surface area contributed by atoms with Crippen LogP contribution in [0.25, 0.3) is 0 Å². The molecule has 1 aromatic carbocycles. The highest BCUT2D eigenvalue weighted by molar-refractivity contribution is 7.89. The van der Waals surface area contributed by atoms with Crippen LogP contribution in [-0.2, 0) is 16.4 Å². The van der Waals surface area contributed by atoms with Crippen molar-refractivity contribution in [1.82, 2.24) is 19.5 Å². The number of ether oxygens (including phenoxy) is 1. The quantitative estimate of drug-likeness (QED) is 0.690. The van der Waals surface area contributed by atoms with Crippen LogP contribution < -0.4 is 4.74 Å². The summed E-state index contributed by atoms with van der Waals surface area (Å²) >= 11 is 0. The molecule has 1 N–H and O–H groups in total. The number of para-hydroxylation sites is 1. The highest BCUT2D eigenvalue weighted by atomic mass is 32.2. The molecule has 0 radical (unpaired) electrons. The Balaban J connectivity index is 1.62. The number of aromatic nitrogens is 3. The number of nitrogens with zero attached hydrogens (tertiary/aromatic N) is 3. The maximum atomic E-state index is 13.0. The first-order valence-electron chi connectivity index (χ1n) is 9.18. The summed E-state index contributed by atoms with van der Waals surface area (Å²) in [5.41, 5.74) is 2.70. The highest BCUT2D eigenvalue weighted by Gasteiger charge is 2.37. The summed E-state index contributed by atoms with van der Waals surface area (Å²) in [4.78, 5) is 4.97. The zero-order chi connectivity index (χ0) is 19.6. The maximum Gasteiger partial charge on any atom is 0.246 e. The van der Waals surface area contributed by atoms with Gasteiger partial charge in [-0.3, -0.25) is 10.1 Å². The molecule has 1 unspecified atom stereocenters. The average Bonchev–Trinajstić information content (AvgIpc) is 3.41. The molecule has 1 aliphatic heterocycles. The highest BCUT2D eigenvalue weighted by Crippen LogP contribution is 2.35. The largest absolute Gasteiger partial charge is 0.496 e. The Morgan fingerprint density at radius 1 is 1.21 bits per heavy atom. The fourth-order valence-electron chi connectivity index (χ4n) is 3.67. The van der Waals surface area contributed by atoms with Gasteiger partial charge >= 0.3 is 0 Å². The molecule has 0 saturated carbocycles. The molecule has 1 fully saturated rings. The number of rotatable bonds is 6. The van der Waals surface area contributed by atoms with Gasteiger partial charge in [0.1, 0.15) is 10.6 Å². The number of hydrogen-bond donors (Lipinski definition) is 1. The summed E-state index contributed by atoms with van der Waals surface area (Å²) in [6, 6.07) is 13.4. The first-order valence-corrected chi connectivity index (χ1v) is 10.6. The molecule has 0 bridgehead atoms. The molecule has 0 amide bonds. The summed E-state index contributed by atoms with van der Waals surface area (Å²) in [6.45, 7) is 0.483. The number of aromatic amines is 1. The second-order valence-corrected chi connectivity index (χ2v) is 8.64. The monoisotopic (exact) mass is 398 g/mol. The Morgan fingerprint density at radius 3 is 2.86 bits per heavy atom. The predicted molar refractivity (Wildman–Crippen MR) is 104 cm³/mol. The van der Waals surface area contributed by atoms with Crippen LogP contribution >= 0.6 is 0 Å². The van der Waals surface area contributed by atoms with E-state index in [1.54, 1.807) is 7.11 Å². The van der Waals surface area contributed by atoms with Gasteiger partial charge in [0, 0.05) is 30.4 Å². The van der Waals surface area contributed by atoms with Crippen LogP contribution in [0, 0.1) is 0 Å². The topological polar surface area (TPSA) is 88.2 Å². The molecule has 1 atom stereocenters. The van der Waals surface area contributed by atoms with E-state index in [0.29, 0.717) is 13.0 Å². The van der Waals surface area contributed by atoms with Crippen LogP contribution in [0.2, 0.25) is 0 Å². The standard InChI is InChI=1S/C20H22N4O3S/c1-27-20-10-3-2-6-15(20)12-16-7-4-8-18(23-16)19-9-5-11-24(19)28(25,26)17-13-21-22-14-17/h2-4,6-8,10,13-14,19H,5,9,11-12H2,1H3,(H,21,22). The molecule has 3 aromatic rings. The molecule has 4 rings (SSSR count). The van der Waals surface area contributed by atoms with E-state index in [2.05, 4.69) is 10.2 Å². The van der Waals surface area contributed by atoms with Crippen LogP contribution in [0.3, 0.4) is 0 Å². The fraction of sp³-hybridized carbons (Fsp3) is 0.300. The van der Waals surface area contributed by atoms with Gasteiger partial charge in [0.25, 0.3) is 0 Å². The van der Waals surface area contributed by atoms with E-state index in [-0.39, 0.29) is 10.9 Å². The fourth-order valence-corrected chi connectivity index (χ4v) is 5.24. The first kappa shape index (κ1) is 18.6. The summed E-state index contributed by atoms with van der Waals surface area (Å²) in [7, 11) is -1.94. The number of benzene rings is 1. The van der Waals surface area contributed by atoms with Gasteiger partial charge in [0.2, 0.25) is 10.0 Å². The SMILES string of the molecule is COc1ccccc1Cc1cccc(C2CCCN2S(=O)(=O)c2cn[nH]c2)n1. The van der Waals surface area contributed by atoms with Gasteiger partial charge in [-0.05, 0) is 31.0 Å². The molecule has 146 valence electrons. The van der Waals surface area contributed by atoms with Gasteiger partial charge in [0.05, 0.1) is 25.0 Å². The van der Waals surface area contributed by atoms with Gasteiger partial charge in [-0.2, -0.15) is 9.40 Å². The van der Waals surface area contributed by atoms with Crippen molar-refractivity contribution in [2.75, 3.05) is 13.7 Å².